The summed E-state index contributed by atoms with van der Waals surface area (Å²) in [5.74, 6) is 2.08. The first-order valence-electron chi connectivity index (χ1n) is 12.6. The number of hydrogen-bond donors (Lipinski definition) is 1. The molecular formula is C28H37N3O. The van der Waals surface area contributed by atoms with Crippen molar-refractivity contribution in [1.82, 2.24) is 15.1 Å². The van der Waals surface area contributed by atoms with Crippen LogP contribution in [0.15, 0.2) is 60.7 Å². The molecule has 1 N–H and O–H groups in total. The van der Waals surface area contributed by atoms with Gasteiger partial charge in [0.05, 0.1) is 6.04 Å². The van der Waals surface area contributed by atoms with Crippen molar-refractivity contribution in [3.05, 3.63) is 71.8 Å². The molecule has 0 aromatic heterocycles. The van der Waals surface area contributed by atoms with Crippen molar-refractivity contribution >= 4 is 5.91 Å². The predicted octanol–water partition coefficient (Wildman–Crippen LogP) is 4.49. The summed E-state index contributed by atoms with van der Waals surface area (Å²) in [6, 6.07) is 21.6. The van der Waals surface area contributed by atoms with E-state index in [0.717, 1.165) is 44.2 Å². The van der Waals surface area contributed by atoms with Crippen LogP contribution in [-0.2, 0) is 11.3 Å². The van der Waals surface area contributed by atoms with Crippen LogP contribution in [0.25, 0.3) is 0 Å². The van der Waals surface area contributed by atoms with Gasteiger partial charge in [0.15, 0.2) is 0 Å². The van der Waals surface area contributed by atoms with E-state index in [2.05, 4.69) is 75.8 Å². The quantitative estimate of drug-likeness (QED) is 0.669. The minimum atomic E-state index is 0.124. The Kier molecular flexibility index (Phi) is 6.89. The molecule has 4 nitrogen and oxygen atoms in total. The molecule has 2 aliphatic heterocycles. The molecule has 3 fully saturated rings. The molecule has 2 heterocycles. The fraction of sp³-hybridized carbons (Fsp3) is 0.536. The van der Waals surface area contributed by atoms with Gasteiger partial charge in [-0.25, -0.2) is 0 Å². The van der Waals surface area contributed by atoms with Crippen LogP contribution in [0.4, 0.5) is 0 Å². The average molecular weight is 432 g/mol. The van der Waals surface area contributed by atoms with Gasteiger partial charge < -0.3 is 10.2 Å². The van der Waals surface area contributed by atoms with E-state index in [9.17, 15) is 4.79 Å². The fourth-order valence-electron chi connectivity index (χ4n) is 6.14. The molecule has 1 aliphatic carbocycles. The minimum Gasteiger partial charge on any atom is -0.349 e. The number of carbonyl (C=O) groups excluding carboxylic acids is 1. The van der Waals surface area contributed by atoms with Gasteiger partial charge in [0, 0.05) is 45.2 Å². The summed E-state index contributed by atoms with van der Waals surface area (Å²) in [5, 5.41) is 3.41. The first kappa shape index (κ1) is 21.7. The van der Waals surface area contributed by atoms with Crippen LogP contribution in [0, 0.1) is 17.8 Å². The molecule has 3 aliphatic rings. The molecule has 1 saturated carbocycles. The number of amides is 1. The lowest BCUT2D eigenvalue weighted by atomic mass is 10.0. The SMILES string of the molecule is O=C(NC(CCN1CC2CN(Cc3ccccc3)CC2C1)c1ccccc1)C1CCCC1. The maximum atomic E-state index is 12.8. The van der Waals surface area contributed by atoms with Crippen LogP contribution >= 0.6 is 0 Å². The van der Waals surface area contributed by atoms with Gasteiger partial charge in [-0.15, -0.1) is 0 Å². The Bertz CT molecular complexity index is 851. The van der Waals surface area contributed by atoms with Gasteiger partial charge in [0.2, 0.25) is 5.91 Å². The Morgan fingerprint density at radius 2 is 1.44 bits per heavy atom. The summed E-state index contributed by atoms with van der Waals surface area (Å²) >= 11 is 0. The van der Waals surface area contributed by atoms with Crippen molar-refractivity contribution in [2.45, 2.75) is 44.7 Å². The summed E-state index contributed by atoms with van der Waals surface area (Å²) in [6.07, 6.45) is 5.51. The second-order valence-electron chi connectivity index (χ2n) is 10.2. The molecule has 3 atom stereocenters. The second kappa shape index (κ2) is 10.2. The van der Waals surface area contributed by atoms with Crippen LogP contribution in [0.1, 0.15) is 49.3 Å². The molecule has 0 spiro atoms. The molecule has 4 heteroatoms. The van der Waals surface area contributed by atoms with Crippen molar-refractivity contribution in [1.29, 1.82) is 0 Å². The molecule has 2 aromatic carbocycles. The van der Waals surface area contributed by atoms with E-state index in [1.807, 2.05) is 0 Å². The van der Waals surface area contributed by atoms with Crippen LogP contribution < -0.4 is 5.32 Å². The lowest BCUT2D eigenvalue weighted by Gasteiger charge is -2.25. The third-order valence-electron chi connectivity index (χ3n) is 7.86. The topological polar surface area (TPSA) is 35.6 Å². The minimum absolute atomic E-state index is 0.124. The van der Waals surface area contributed by atoms with Gasteiger partial charge in [0.25, 0.3) is 0 Å². The Balaban J connectivity index is 1.13. The van der Waals surface area contributed by atoms with Gasteiger partial charge in [-0.1, -0.05) is 73.5 Å². The maximum Gasteiger partial charge on any atom is 0.223 e. The highest BCUT2D eigenvalue weighted by Gasteiger charge is 2.39. The molecular weight excluding hydrogens is 394 g/mol. The average Bonchev–Trinajstić information content (AvgIpc) is 3.55. The van der Waals surface area contributed by atoms with E-state index < -0.39 is 0 Å². The predicted molar refractivity (Wildman–Crippen MR) is 129 cm³/mol. The van der Waals surface area contributed by atoms with E-state index in [4.69, 9.17) is 0 Å². The summed E-state index contributed by atoms with van der Waals surface area (Å²) in [5.41, 5.74) is 2.67. The summed E-state index contributed by atoms with van der Waals surface area (Å²) in [4.78, 5) is 18.1. The molecule has 32 heavy (non-hydrogen) atoms. The van der Waals surface area contributed by atoms with Crippen molar-refractivity contribution in [2.75, 3.05) is 32.7 Å². The number of rotatable bonds is 8. The molecule has 3 unspecified atom stereocenters. The lowest BCUT2D eigenvalue weighted by Crippen LogP contribution is -2.36. The van der Waals surface area contributed by atoms with Gasteiger partial charge >= 0.3 is 0 Å². The smallest absolute Gasteiger partial charge is 0.223 e. The Morgan fingerprint density at radius 1 is 0.844 bits per heavy atom. The zero-order chi connectivity index (χ0) is 21.8. The zero-order valence-corrected chi connectivity index (χ0v) is 19.2. The van der Waals surface area contributed by atoms with Crippen LogP contribution in [-0.4, -0.2) is 48.4 Å². The van der Waals surface area contributed by atoms with Gasteiger partial charge in [0.1, 0.15) is 0 Å². The maximum absolute atomic E-state index is 12.8. The Hall–Kier alpha value is -2.17. The van der Waals surface area contributed by atoms with E-state index in [1.54, 1.807) is 0 Å². The van der Waals surface area contributed by atoms with Crippen LogP contribution in [0.2, 0.25) is 0 Å². The summed E-state index contributed by atoms with van der Waals surface area (Å²) in [7, 11) is 0. The van der Waals surface area contributed by atoms with Gasteiger partial charge in [-0.2, -0.15) is 0 Å². The number of benzene rings is 2. The molecule has 2 saturated heterocycles. The molecule has 0 bridgehead atoms. The van der Waals surface area contributed by atoms with E-state index in [0.29, 0.717) is 0 Å². The van der Waals surface area contributed by atoms with Gasteiger partial charge in [-0.3, -0.25) is 9.69 Å². The van der Waals surface area contributed by atoms with Crippen molar-refractivity contribution in [2.24, 2.45) is 17.8 Å². The Morgan fingerprint density at radius 3 is 2.09 bits per heavy atom. The van der Waals surface area contributed by atoms with Crippen molar-refractivity contribution in [3.63, 3.8) is 0 Å². The third-order valence-corrected chi connectivity index (χ3v) is 7.86. The molecule has 1 amide bonds. The number of nitrogens with one attached hydrogen (secondary N) is 1. The third kappa shape index (κ3) is 5.24. The monoisotopic (exact) mass is 431 g/mol. The summed E-state index contributed by atoms with van der Waals surface area (Å²) in [6.45, 7) is 6.99. The number of hydrogen-bond acceptors (Lipinski definition) is 3. The first-order valence-corrected chi connectivity index (χ1v) is 12.6. The van der Waals surface area contributed by atoms with E-state index in [1.165, 1.54) is 50.1 Å². The highest BCUT2D eigenvalue weighted by molar-refractivity contribution is 5.79. The molecule has 170 valence electrons. The molecule has 0 radical (unpaired) electrons. The normalized spacial score (nSPS) is 25.1. The van der Waals surface area contributed by atoms with Crippen LogP contribution in [0.3, 0.4) is 0 Å². The van der Waals surface area contributed by atoms with Gasteiger partial charge in [-0.05, 0) is 42.2 Å². The van der Waals surface area contributed by atoms with E-state index >= 15 is 0 Å². The standard InChI is InChI=1S/C28H37N3O/c32-28(24-13-7-8-14-24)29-27(23-11-5-2-6-12-23)15-16-30-18-25-20-31(21-26(25)19-30)17-22-9-3-1-4-10-22/h1-6,9-12,24-27H,7-8,13-21H2,(H,29,32). The van der Waals surface area contributed by atoms with Crippen molar-refractivity contribution in [3.8, 4) is 0 Å². The largest absolute Gasteiger partial charge is 0.349 e. The lowest BCUT2D eigenvalue weighted by molar-refractivity contribution is -0.125. The summed E-state index contributed by atoms with van der Waals surface area (Å²) < 4.78 is 0. The van der Waals surface area contributed by atoms with Crippen LogP contribution in [0.5, 0.6) is 0 Å². The number of likely N-dealkylation sites (tertiary alicyclic amines) is 2. The second-order valence-corrected chi connectivity index (χ2v) is 10.2. The molecule has 5 rings (SSSR count). The number of carbonyl (C=O) groups is 1. The number of nitrogens with zero attached hydrogens (tertiary/aromatic N) is 2. The zero-order valence-electron chi connectivity index (χ0n) is 19.2. The number of fused-ring (bicyclic) bond motifs is 1. The molecule has 2 aromatic rings. The highest BCUT2D eigenvalue weighted by Crippen LogP contribution is 2.33. The van der Waals surface area contributed by atoms with E-state index in [-0.39, 0.29) is 17.9 Å². The first-order chi connectivity index (χ1) is 15.7. The fourth-order valence-corrected chi connectivity index (χ4v) is 6.14. The Labute approximate surface area is 193 Å². The van der Waals surface area contributed by atoms with Crippen molar-refractivity contribution < 1.29 is 4.79 Å². The highest BCUT2D eigenvalue weighted by atomic mass is 16.1.